The van der Waals surface area contributed by atoms with Crippen LogP contribution in [0, 0.1) is 17.1 Å². The van der Waals surface area contributed by atoms with Gasteiger partial charge in [0.05, 0.1) is 17.1 Å². The van der Waals surface area contributed by atoms with Gasteiger partial charge >= 0.3 is 0 Å². The highest BCUT2D eigenvalue weighted by Crippen LogP contribution is 2.35. The molecular weight excluding hydrogens is 393 g/mol. The summed E-state index contributed by atoms with van der Waals surface area (Å²) in [6.07, 6.45) is 6.28. The first kappa shape index (κ1) is 19.2. The van der Waals surface area contributed by atoms with Crippen molar-refractivity contribution in [1.82, 2.24) is 9.55 Å². The number of hydrogen-bond donors (Lipinski definition) is 0. The zero-order valence-electron chi connectivity index (χ0n) is 15.4. The van der Waals surface area contributed by atoms with E-state index in [-0.39, 0.29) is 11.2 Å². The van der Waals surface area contributed by atoms with Crippen molar-refractivity contribution >= 4 is 33.3 Å². The first-order valence-corrected chi connectivity index (χ1v) is 11.3. The molecule has 1 aliphatic carbocycles. The standard InChI is InChI=1S/C21H20FN3OS2/c22-15-9-3-4-10-16(15)25-20(26)18-14-8-2-5-11-17(14)28-19(18)24-21(25)27-13-7-1-6-12-23/h3-4,9-10H,1-2,5-8,11,13H2. The molecule has 0 N–H and O–H groups in total. The Hall–Kier alpha value is -2.17. The maximum absolute atomic E-state index is 14.6. The number of halogens is 1. The van der Waals surface area contributed by atoms with Crippen LogP contribution >= 0.6 is 23.1 Å². The fourth-order valence-electron chi connectivity index (χ4n) is 3.60. The molecule has 4 nitrogen and oxygen atoms in total. The molecule has 0 bridgehead atoms. The predicted molar refractivity (Wildman–Crippen MR) is 112 cm³/mol. The third-order valence-electron chi connectivity index (χ3n) is 4.97. The maximum Gasteiger partial charge on any atom is 0.267 e. The van der Waals surface area contributed by atoms with Crippen LogP contribution in [0.1, 0.15) is 42.5 Å². The van der Waals surface area contributed by atoms with Gasteiger partial charge in [-0.1, -0.05) is 23.9 Å². The number of para-hydroxylation sites is 1. The number of thioether (sulfide) groups is 1. The lowest BCUT2D eigenvalue weighted by molar-refractivity contribution is 0.608. The minimum Gasteiger partial charge on any atom is -0.268 e. The molecule has 0 atom stereocenters. The predicted octanol–water partition coefficient (Wildman–Crippen LogP) is 5.25. The summed E-state index contributed by atoms with van der Waals surface area (Å²) in [5, 5.41) is 9.88. The monoisotopic (exact) mass is 413 g/mol. The van der Waals surface area contributed by atoms with Crippen LogP contribution in [0.3, 0.4) is 0 Å². The first-order valence-electron chi connectivity index (χ1n) is 9.52. The van der Waals surface area contributed by atoms with E-state index in [1.807, 2.05) is 0 Å². The smallest absolute Gasteiger partial charge is 0.267 e. The molecule has 1 aliphatic rings. The van der Waals surface area contributed by atoms with E-state index in [1.165, 1.54) is 27.3 Å². The van der Waals surface area contributed by atoms with Gasteiger partial charge in [0.25, 0.3) is 5.56 Å². The second-order valence-corrected chi connectivity index (χ2v) is 8.99. The fraction of sp³-hybridized carbons (Fsp3) is 0.381. The Balaban J connectivity index is 1.84. The van der Waals surface area contributed by atoms with Gasteiger partial charge in [-0.15, -0.1) is 11.3 Å². The Morgan fingerprint density at radius 3 is 2.89 bits per heavy atom. The number of aryl methyl sites for hydroxylation is 2. The normalized spacial score (nSPS) is 13.4. The Morgan fingerprint density at radius 1 is 1.25 bits per heavy atom. The number of thiophene rings is 1. The van der Waals surface area contributed by atoms with Crippen LogP contribution in [0.2, 0.25) is 0 Å². The summed E-state index contributed by atoms with van der Waals surface area (Å²) in [6, 6.07) is 8.50. The molecule has 2 aromatic heterocycles. The quantitative estimate of drug-likeness (QED) is 0.315. The van der Waals surface area contributed by atoms with Crippen LogP contribution in [0.4, 0.5) is 4.39 Å². The van der Waals surface area contributed by atoms with Crippen LogP contribution < -0.4 is 5.56 Å². The number of nitrogens with zero attached hydrogens (tertiary/aromatic N) is 3. The van der Waals surface area contributed by atoms with Gasteiger partial charge in [-0.2, -0.15) is 5.26 Å². The maximum atomic E-state index is 14.6. The molecule has 28 heavy (non-hydrogen) atoms. The molecule has 7 heteroatoms. The van der Waals surface area contributed by atoms with Crippen molar-refractivity contribution < 1.29 is 4.39 Å². The van der Waals surface area contributed by atoms with E-state index in [9.17, 15) is 9.18 Å². The molecule has 0 fully saturated rings. The Bertz CT molecular complexity index is 1110. The van der Waals surface area contributed by atoms with Crippen molar-refractivity contribution in [1.29, 1.82) is 5.26 Å². The highest BCUT2D eigenvalue weighted by molar-refractivity contribution is 7.99. The van der Waals surface area contributed by atoms with Gasteiger partial charge in [-0.25, -0.2) is 9.37 Å². The van der Waals surface area contributed by atoms with E-state index in [2.05, 4.69) is 6.07 Å². The third kappa shape index (κ3) is 3.59. The molecule has 4 rings (SSSR count). The van der Waals surface area contributed by atoms with Crippen molar-refractivity contribution in [3.8, 4) is 11.8 Å². The fourth-order valence-corrected chi connectivity index (χ4v) is 5.91. The van der Waals surface area contributed by atoms with E-state index in [4.69, 9.17) is 10.2 Å². The third-order valence-corrected chi connectivity index (χ3v) is 7.18. The van der Waals surface area contributed by atoms with E-state index in [0.717, 1.165) is 54.7 Å². The van der Waals surface area contributed by atoms with Gasteiger partial charge in [0.2, 0.25) is 0 Å². The minimum atomic E-state index is -0.429. The molecule has 2 heterocycles. The van der Waals surface area contributed by atoms with Crippen molar-refractivity contribution in [3.05, 3.63) is 50.9 Å². The van der Waals surface area contributed by atoms with Crippen molar-refractivity contribution in [2.75, 3.05) is 5.75 Å². The van der Waals surface area contributed by atoms with E-state index < -0.39 is 5.82 Å². The number of rotatable bonds is 6. The minimum absolute atomic E-state index is 0.172. The number of nitriles is 1. The van der Waals surface area contributed by atoms with Gasteiger partial charge in [-0.05, 0) is 56.2 Å². The second kappa shape index (κ2) is 8.46. The molecule has 0 spiro atoms. The van der Waals surface area contributed by atoms with Crippen LogP contribution in [-0.4, -0.2) is 15.3 Å². The summed E-state index contributed by atoms with van der Waals surface area (Å²) in [5.74, 6) is 0.306. The summed E-state index contributed by atoms with van der Waals surface area (Å²) >= 11 is 3.07. The Morgan fingerprint density at radius 2 is 2.07 bits per heavy atom. The van der Waals surface area contributed by atoms with E-state index in [1.54, 1.807) is 29.5 Å². The number of hydrogen-bond acceptors (Lipinski definition) is 5. The molecule has 0 saturated heterocycles. The molecule has 1 aromatic carbocycles. The molecule has 0 amide bonds. The van der Waals surface area contributed by atoms with Gasteiger partial charge < -0.3 is 0 Å². The number of aromatic nitrogens is 2. The molecule has 3 aromatic rings. The van der Waals surface area contributed by atoms with Gasteiger partial charge in [0.15, 0.2) is 5.16 Å². The van der Waals surface area contributed by atoms with Gasteiger partial charge in [0.1, 0.15) is 10.6 Å². The average molecular weight is 414 g/mol. The summed E-state index contributed by atoms with van der Waals surface area (Å²) in [4.78, 5) is 20.3. The summed E-state index contributed by atoms with van der Waals surface area (Å²) in [6.45, 7) is 0. The Kier molecular flexibility index (Phi) is 5.79. The summed E-state index contributed by atoms with van der Waals surface area (Å²) < 4.78 is 16.0. The lowest BCUT2D eigenvalue weighted by Gasteiger charge is -2.14. The van der Waals surface area contributed by atoms with Crippen LogP contribution in [0.15, 0.2) is 34.2 Å². The summed E-state index contributed by atoms with van der Waals surface area (Å²) in [7, 11) is 0. The molecular formula is C21H20FN3OS2. The average Bonchev–Trinajstić information content (AvgIpc) is 3.07. The molecule has 0 saturated carbocycles. The highest BCUT2D eigenvalue weighted by atomic mass is 32.2. The zero-order valence-corrected chi connectivity index (χ0v) is 17.0. The second-order valence-electron chi connectivity index (χ2n) is 6.84. The van der Waals surface area contributed by atoms with Gasteiger partial charge in [-0.3, -0.25) is 9.36 Å². The highest BCUT2D eigenvalue weighted by Gasteiger charge is 2.23. The summed E-state index contributed by atoms with van der Waals surface area (Å²) in [5.41, 5.74) is 1.19. The SMILES string of the molecule is N#CCCCCSc1nc2sc3c(c2c(=O)n1-c1ccccc1F)CCCC3. The van der Waals surface area contributed by atoms with Crippen LogP contribution in [0.25, 0.3) is 15.9 Å². The van der Waals surface area contributed by atoms with E-state index >= 15 is 0 Å². The molecule has 0 aliphatic heterocycles. The number of fused-ring (bicyclic) bond motifs is 3. The molecule has 144 valence electrons. The van der Waals surface area contributed by atoms with Gasteiger partial charge in [0, 0.05) is 17.1 Å². The van der Waals surface area contributed by atoms with Crippen molar-refractivity contribution in [2.24, 2.45) is 0 Å². The van der Waals surface area contributed by atoms with Crippen LogP contribution in [-0.2, 0) is 12.8 Å². The first-order chi connectivity index (χ1) is 13.7. The zero-order chi connectivity index (χ0) is 19.5. The lowest BCUT2D eigenvalue weighted by atomic mass is 9.97. The lowest BCUT2D eigenvalue weighted by Crippen LogP contribution is -2.23. The van der Waals surface area contributed by atoms with Crippen LogP contribution in [0.5, 0.6) is 0 Å². The van der Waals surface area contributed by atoms with Crippen molar-refractivity contribution in [3.63, 3.8) is 0 Å². The number of unbranched alkanes of at least 4 members (excludes halogenated alkanes) is 2. The molecule has 0 radical (unpaired) electrons. The van der Waals surface area contributed by atoms with E-state index in [0.29, 0.717) is 17.0 Å². The number of benzene rings is 1. The topological polar surface area (TPSA) is 58.7 Å². The Labute approximate surface area is 171 Å². The molecule has 0 unspecified atom stereocenters. The largest absolute Gasteiger partial charge is 0.268 e. The van der Waals surface area contributed by atoms with Crippen molar-refractivity contribution in [2.45, 2.75) is 50.1 Å².